The molecule has 3 amide bonds. The van der Waals surface area contributed by atoms with E-state index < -0.39 is 50.1 Å². The van der Waals surface area contributed by atoms with Gasteiger partial charge in [0.2, 0.25) is 10.8 Å². The Morgan fingerprint density at radius 1 is 0.787 bits per heavy atom. The van der Waals surface area contributed by atoms with E-state index in [9.17, 15) is 29.4 Å². The Labute approximate surface area is 285 Å². The third-order valence-corrected chi connectivity index (χ3v) is 19.0. The van der Waals surface area contributed by atoms with Gasteiger partial charge in [-0.3, -0.25) is 19.2 Å². The average molecular weight is 710 g/mol. The van der Waals surface area contributed by atoms with Gasteiger partial charge in [-0.25, -0.2) is 0 Å². The van der Waals surface area contributed by atoms with E-state index >= 15 is 0 Å². The van der Waals surface area contributed by atoms with Crippen molar-refractivity contribution in [1.82, 2.24) is 19.3 Å². The lowest BCUT2D eigenvalue weighted by Crippen LogP contribution is -2.77. The van der Waals surface area contributed by atoms with Crippen LogP contribution < -0.4 is 5.32 Å². The van der Waals surface area contributed by atoms with E-state index in [1.807, 2.05) is 48.5 Å². The minimum atomic E-state index is -1.38. The maximum absolute atomic E-state index is 14.6. The largest absolute Gasteiger partial charge is 0.392 e. The normalized spacial score (nSPS) is 38.4. The van der Waals surface area contributed by atoms with Crippen LogP contribution in [0.2, 0.25) is 0 Å². The van der Waals surface area contributed by atoms with Crippen LogP contribution in [-0.2, 0) is 31.1 Å². The molecule has 11 nitrogen and oxygen atoms in total. The molecule has 6 saturated heterocycles. The molecule has 2 aromatic carbocycles. The molecule has 2 unspecified atom stereocenters. The van der Waals surface area contributed by atoms with Gasteiger partial charge in [0.25, 0.3) is 11.8 Å². The van der Waals surface area contributed by atoms with Gasteiger partial charge in [0.15, 0.2) is 15.5 Å². The highest BCUT2D eigenvalue weighted by Crippen LogP contribution is 2.72. The molecule has 8 heterocycles. The first kappa shape index (κ1) is 30.3. The number of hydrogen-bond acceptors (Lipinski definition) is 11. The fourth-order valence-corrected chi connectivity index (χ4v) is 16.5. The second-order valence-corrected chi connectivity index (χ2v) is 18.7. The molecule has 3 aromatic rings. The molecule has 3 N–H and O–H groups in total. The van der Waals surface area contributed by atoms with Crippen LogP contribution in [0.25, 0.3) is 10.9 Å². The summed E-state index contributed by atoms with van der Waals surface area (Å²) in [6, 6.07) is 17.4. The van der Waals surface area contributed by atoms with Crippen molar-refractivity contribution < 1.29 is 29.4 Å². The number of aromatic nitrogens is 1. The molecule has 244 valence electrons. The smallest absolute Gasteiger partial charge is 0.263 e. The summed E-state index contributed by atoms with van der Waals surface area (Å²) in [5, 5.41) is 25.5. The van der Waals surface area contributed by atoms with Crippen molar-refractivity contribution in [1.29, 1.82) is 0 Å². The first-order valence-corrected chi connectivity index (χ1v) is 19.6. The molecule has 1 saturated carbocycles. The van der Waals surface area contributed by atoms with Crippen molar-refractivity contribution in [3.63, 3.8) is 0 Å². The predicted octanol–water partition coefficient (Wildman–Crippen LogP) is 2.32. The lowest BCUT2D eigenvalue weighted by Gasteiger charge is -2.58. The van der Waals surface area contributed by atoms with Gasteiger partial charge in [-0.2, -0.15) is 0 Å². The van der Waals surface area contributed by atoms with E-state index in [1.54, 1.807) is 21.1 Å². The fourth-order valence-electron chi connectivity index (χ4n) is 9.06. The van der Waals surface area contributed by atoms with Crippen LogP contribution in [0.3, 0.4) is 0 Å². The van der Waals surface area contributed by atoms with E-state index in [4.69, 9.17) is 0 Å². The zero-order chi connectivity index (χ0) is 32.9. The summed E-state index contributed by atoms with van der Waals surface area (Å²) in [7, 11) is 10.0. The van der Waals surface area contributed by atoms with Gasteiger partial charge in [-0.1, -0.05) is 68.8 Å². The number of nitrogens with zero attached hydrogens (tertiary/aromatic N) is 4. The molecule has 4 bridgehead atoms. The van der Waals surface area contributed by atoms with Crippen molar-refractivity contribution in [2.24, 2.45) is 5.92 Å². The Morgan fingerprint density at radius 3 is 2.17 bits per heavy atom. The molecular formula is C32H31N5O6S4. The molecule has 7 fully saturated rings. The maximum Gasteiger partial charge on any atom is 0.263 e. The van der Waals surface area contributed by atoms with Crippen LogP contribution in [0.15, 0.2) is 54.6 Å². The van der Waals surface area contributed by atoms with Crippen LogP contribution in [0.5, 0.6) is 0 Å². The number of rotatable bonds is 5. The van der Waals surface area contributed by atoms with Gasteiger partial charge in [-0.15, -0.1) is 0 Å². The van der Waals surface area contributed by atoms with Crippen molar-refractivity contribution in [3.8, 4) is 0 Å². The number of nitrogens with one attached hydrogen (secondary N) is 1. The lowest BCUT2D eigenvalue weighted by atomic mass is 9.79. The van der Waals surface area contributed by atoms with Gasteiger partial charge in [0.1, 0.15) is 4.75 Å². The topological polar surface area (TPSA) is 135 Å². The Balaban J connectivity index is 1.30. The zero-order valence-electron chi connectivity index (χ0n) is 25.6. The van der Waals surface area contributed by atoms with Crippen LogP contribution >= 0.6 is 43.2 Å². The number of likely N-dealkylation sites (N-methyl/N-ethyl adjacent to an activating group) is 3. The number of aliphatic hydroxyl groups excluding tert-OH is 2. The molecule has 1 spiro atoms. The number of aliphatic hydroxyl groups is 2. The van der Waals surface area contributed by atoms with E-state index in [0.29, 0.717) is 6.42 Å². The van der Waals surface area contributed by atoms with Crippen molar-refractivity contribution in [2.45, 2.75) is 43.8 Å². The van der Waals surface area contributed by atoms with Gasteiger partial charge in [-0.05, 0) is 34.4 Å². The molecule has 1 aromatic heterocycles. The molecule has 7 atom stereocenters. The van der Waals surface area contributed by atoms with Crippen LogP contribution in [-0.4, -0.2) is 113 Å². The van der Waals surface area contributed by atoms with Crippen molar-refractivity contribution >= 4 is 83.3 Å². The molecule has 8 aliphatic rings. The number of ketones is 1. The molecule has 7 aliphatic heterocycles. The number of hydrogen-bond donors (Lipinski definition) is 3. The first-order valence-electron chi connectivity index (χ1n) is 15.3. The average Bonchev–Trinajstić information content (AvgIpc) is 3.70. The minimum Gasteiger partial charge on any atom is -0.392 e. The van der Waals surface area contributed by atoms with Crippen molar-refractivity contribution in [2.75, 3.05) is 39.7 Å². The van der Waals surface area contributed by atoms with E-state index in [-0.39, 0.29) is 29.9 Å². The van der Waals surface area contributed by atoms with E-state index in [2.05, 4.69) is 16.0 Å². The van der Waals surface area contributed by atoms with Gasteiger partial charge in [0.05, 0.1) is 30.7 Å². The molecule has 11 rings (SSSR count). The summed E-state index contributed by atoms with van der Waals surface area (Å²) in [4.78, 5) is 57.3. The number of para-hydroxylation sites is 2. The Kier molecular flexibility index (Phi) is 6.08. The van der Waals surface area contributed by atoms with Crippen LogP contribution in [0.1, 0.15) is 17.7 Å². The third-order valence-electron chi connectivity index (χ3n) is 11.5. The molecule has 0 radical (unpaired) electrons. The molecular weight excluding hydrogens is 679 g/mol. The summed E-state index contributed by atoms with van der Waals surface area (Å²) >= 11 is 0. The third kappa shape index (κ3) is 3.16. The summed E-state index contributed by atoms with van der Waals surface area (Å²) < 4.78 is 1.14. The Morgan fingerprint density at radius 2 is 1.40 bits per heavy atom. The SMILES string of the molecule is CN1C(=O)[C@@]23CC4(n5c(C[C@@]67SS[C@@](CO)(C(=O)N6C)N(C)C7=O)cc6ccccc65)c5ccccc5N[C@@H]4C2C(=O)[C@]1(CO)SS3. The van der Waals surface area contributed by atoms with Gasteiger partial charge < -0.3 is 34.8 Å². The molecule has 47 heavy (non-hydrogen) atoms. The molecule has 1 aliphatic carbocycles. The quantitative estimate of drug-likeness (QED) is 0.337. The Bertz CT molecular complexity index is 1980. The highest BCUT2D eigenvalue weighted by Gasteiger charge is 2.80. The number of benzene rings is 2. The number of carbonyl (C=O) groups is 4. The number of Topliss-reactive ketones (excluding diaryl/α,β-unsaturated/α-hetero) is 1. The predicted molar refractivity (Wildman–Crippen MR) is 183 cm³/mol. The van der Waals surface area contributed by atoms with Gasteiger partial charge >= 0.3 is 0 Å². The summed E-state index contributed by atoms with van der Waals surface area (Å²) in [5.74, 6) is -1.67. The van der Waals surface area contributed by atoms with E-state index in [1.165, 1.54) is 57.9 Å². The second kappa shape index (κ2) is 9.45. The fraction of sp³-hybridized carbons (Fsp3) is 0.438. The summed E-state index contributed by atoms with van der Waals surface area (Å²) in [6.07, 6.45) is 0.467. The van der Waals surface area contributed by atoms with Gasteiger partial charge in [0, 0.05) is 56.4 Å². The number of amides is 3. The standard InChI is InChI=1S/C32H31N5O6S4/c1-34-25(41)29-14-28(19-9-5-6-10-20(19)33-23(28)22(29)24(40)31(34,15-38)46-44-29)37-18(12-17-8-4-7-11-21(17)37)13-30-26(42)36(3)32(16-39,47-45-30)27(43)35(30)2/h4-12,22-23,33,38-39H,13-16H2,1-3H3/t22?,23-,28?,29-,30+,31+,32+/m1/s1. The lowest BCUT2D eigenvalue weighted by molar-refractivity contribution is -0.165. The summed E-state index contributed by atoms with van der Waals surface area (Å²) in [6.45, 7) is -0.976. The Hall–Kier alpha value is -2.82. The van der Waals surface area contributed by atoms with Crippen LogP contribution in [0, 0.1) is 5.92 Å². The minimum absolute atomic E-state index is 0.158. The van der Waals surface area contributed by atoms with E-state index in [0.717, 1.165) is 27.8 Å². The molecule has 15 heteroatoms. The summed E-state index contributed by atoms with van der Waals surface area (Å²) in [5.41, 5.74) is 2.56. The highest BCUT2D eigenvalue weighted by molar-refractivity contribution is 8.78. The monoisotopic (exact) mass is 709 g/mol. The first-order chi connectivity index (χ1) is 22.5. The number of anilines is 1. The highest BCUT2D eigenvalue weighted by atomic mass is 33.1. The number of piperidine rings is 1. The number of carbonyl (C=O) groups excluding carboxylic acids is 4. The maximum atomic E-state index is 14.6. The zero-order valence-corrected chi connectivity index (χ0v) is 28.9. The second-order valence-electron chi connectivity index (χ2n) is 13.3. The van der Waals surface area contributed by atoms with Crippen LogP contribution in [0.4, 0.5) is 5.69 Å². The number of fused-ring (bicyclic) bond motifs is 9. The number of piperazine rings is 1. The van der Waals surface area contributed by atoms with Crippen molar-refractivity contribution in [3.05, 3.63) is 65.9 Å².